The van der Waals surface area contributed by atoms with Gasteiger partial charge < -0.3 is 14.8 Å². The SMILES string of the molecule is CS(=O)(=O)N1CCc2cc3ccc2C1c1cccc(c1)OCCCNC(=O)CCc1ccc(cc1)O3. The van der Waals surface area contributed by atoms with Gasteiger partial charge in [0.1, 0.15) is 17.2 Å². The van der Waals surface area contributed by atoms with Crippen molar-refractivity contribution in [3.05, 3.63) is 89.0 Å². The highest BCUT2D eigenvalue weighted by Gasteiger charge is 2.34. The minimum atomic E-state index is -3.45. The Hall–Kier alpha value is -3.36. The zero-order valence-electron chi connectivity index (χ0n) is 20.3. The Morgan fingerprint density at radius 1 is 0.917 bits per heavy atom. The number of ether oxygens (including phenoxy) is 2. The molecule has 36 heavy (non-hydrogen) atoms. The van der Waals surface area contributed by atoms with E-state index in [0.717, 1.165) is 22.3 Å². The number of amides is 1. The topological polar surface area (TPSA) is 84.9 Å². The summed E-state index contributed by atoms with van der Waals surface area (Å²) in [6, 6.07) is 20.8. The van der Waals surface area contributed by atoms with Gasteiger partial charge in [-0.05, 0) is 77.9 Å². The van der Waals surface area contributed by atoms with Gasteiger partial charge in [-0.25, -0.2) is 8.42 Å². The molecule has 0 radical (unpaired) electrons. The van der Waals surface area contributed by atoms with Crippen LogP contribution in [-0.2, 0) is 27.7 Å². The number of benzene rings is 3. The predicted molar refractivity (Wildman–Crippen MR) is 138 cm³/mol. The molecule has 188 valence electrons. The summed E-state index contributed by atoms with van der Waals surface area (Å²) in [5.41, 5.74) is 3.93. The summed E-state index contributed by atoms with van der Waals surface area (Å²) in [5.74, 6) is 2.10. The monoisotopic (exact) mass is 506 g/mol. The van der Waals surface area contributed by atoms with Crippen LogP contribution in [0.3, 0.4) is 0 Å². The van der Waals surface area contributed by atoms with Crippen LogP contribution in [0.25, 0.3) is 0 Å². The van der Waals surface area contributed by atoms with E-state index in [2.05, 4.69) is 5.32 Å². The highest BCUT2D eigenvalue weighted by atomic mass is 32.2. The van der Waals surface area contributed by atoms with Crippen LogP contribution in [0.5, 0.6) is 17.2 Å². The molecular weight excluding hydrogens is 476 g/mol. The lowest BCUT2D eigenvalue weighted by Crippen LogP contribution is -2.39. The molecule has 1 unspecified atom stereocenters. The number of hydrogen-bond donors (Lipinski definition) is 1. The highest BCUT2D eigenvalue weighted by Crippen LogP contribution is 2.39. The van der Waals surface area contributed by atoms with Crippen molar-refractivity contribution in [1.29, 1.82) is 0 Å². The molecule has 1 atom stereocenters. The van der Waals surface area contributed by atoms with Gasteiger partial charge in [0.2, 0.25) is 15.9 Å². The summed E-state index contributed by atoms with van der Waals surface area (Å²) in [7, 11) is -3.45. The van der Waals surface area contributed by atoms with Gasteiger partial charge in [-0.15, -0.1) is 0 Å². The molecule has 0 spiro atoms. The molecule has 0 aliphatic carbocycles. The predicted octanol–water partition coefficient (Wildman–Crippen LogP) is 4.22. The first-order valence-corrected chi connectivity index (χ1v) is 14.1. The molecule has 0 fully saturated rings. The summed E-state index contributed by atoms with van der Waals surface area (Å²) in [5, 5.41) is 2.94. The molecule has 7 nitrogen and oxygen atoms in total. The summed E-state index contributed by atoms with van der Waals surface area (Å²) in [4.78, 5) is 12.2. The lowest BCUT2D eigenvalue weighted by molar-refractivity contribution is -0.121. The quantitative estimate of drug-likeness (QED) is 0.534. The smallest absolute Gasteiger partial charge is 0.220 e. The van der Waals surface area contributed by atoms with Gasteiger partial charge in [-0.3, -0.25) is 4.79 Å². The van der Waals surface area contributed by atoms with Crippen LogP contribution in [0.2, 0.25) is 0 Å². The van der Waals surface area contributed by atoms with Gasteiger partial charge in [-0.1, -0.05) is 30.3 Å². The second kappa shape index (κ2) is 10.3. The van der Waals surface area contributed by atoms with E-state index in [1.54, 1.807) is 4.31 Å². The molecule has 1 amide bonds. The lowest BCUT2D eigenvalue weighted by atomic mass is 9.89. The van der Waals surface area contributed by atoms with Crippen LogP contribution in [0, 0.1) is 0 Å². The van der Waals surface area contributed by atoms with E-state index in [1.165, 1.54) is 6.26 Å². The van der Waals surface area contributed by atoms with Crippen molar-refractivity contribution in [3.63, 3.8) is 0 Å². The van der Waals surface area contributed by atoms with Crippen molar-refractivity contribution in [1.82, 2.24) is 9.62 Å². The minimum Gasteiger partial charge on any atom is -0.494 e. The van der Waals surface area contributed by atoms with E-state index in [1.807, 2.05) is 66.7 Å². The molecule has 5 aliphatic heterocycles. The van der Waals surface area contributed by atoms with Gasteiger partial charge in [0.05, 0.1) is 18.9 Å². The maximum absolute atomic E-state index is 12.7. The molecule has 5 heterocycles. The average Bonchev–Trinajstić information content (AvgIpc) is 2.86. The van der Waals surface area contributed by atoms with Crippen molar-refractivity contribution in [2.24, 2.45) is 0 Å². The maximum Gasteiger partial charge on any atom is 0.220 e. The van der Waals surface area contributed by atoms with E-state index in [-0.39, 0.29) is 5.91 Å². The molecule has 0 saturated heterocycles. The summed E-state index contributed by atoms with van der Waals surface area (Å²) in [6.45, 7) is 1.37. The van der Waals surface area contributed by atoms with Gasteiger partial charge in [0, 0.05) is 19.5 Å². The molecule has 8 heteroatoms. The van der Waals surface area contributed by atoms with Crippen molar-refractivity contribution < 1.29 is 22.7 Å². The van der Waals surface area contributed by atoms with Gasteiger partial charge in [0.25, 0.3) is 0 Å². The zero-order chi connectivity index (χ0) is 25.1. The van der Waals surface area contributed by atoms with E-state index in [9.17, 15) is 13.2 Å². The van der Waals surface area contributed by atoms with Crippen LogP contribution in [0.1, 0.15) is 41.1 Å². The van der Waals surface area contributed by atoms with Crippen molar-refractivity contribution in [2.45, 2.75) is 31.7 Å². The summed E-state index contributed by atoms with van der Waals surface area (Å²) >= 11 is 0. The van der Waals surface area contributed by atoms with E-state index in [0.29, 0.717) is 62.6 Å². The molecule has 1 N–H and O–H groups in total. The number of sulfonamides is 1. The number of carbonyl (C=O) groups is 1. The van der Waals surface area contributed by atoms with Crippen molar-refractivity contribution in [2.75, 3.05) is 26.0 Å². The van der Waals surface area contributed by atoms with Crippen LogP contribution < -0.4 is 14.8 Å². The van der Waals surface area contributed by atoms with E-state index < -0.39 is 16.1 Å². The summed E-state index contributed by atoms with van der Waals surface area (Å²) < 4.78 is 39.1. The fourth-order valence-electron chi connectivity index (χ4n) is 4.82. The van der Waals surface area contributed by atoms with Crippen molar-refractivity contribution in [3.8, 4) is 17.2 Å². The standard InChI is InChI=1S/C28H30N2O5S/c1-36(32,33)30-16-14-21-18-25-11-12-26(21)28(30)22-4-2-5-24(19-22)34-17-3-15-29-27(31)13-8-20-6-9-23(35-25)10-7-20/h2,4-7,9-12,18-19,28H,3,8,13-17H2,1H3,(H,29,31). The summed E-state index contributed by atoms with van der Waals surface area (Å²) in [6.07, 6.45) is 3.62. The molecule has 5 aliphatic rings. The molecule has 3 aromatic carbocycles. The van der Waals surface area contributed by atoms with Gasteiger partial charge in [-0.2, -0.15) is 4.31 Å². The Kier molecular flexibility index (Phi) is 6.98. The first-order chi connectivity index (χ1) is 17.4. The number of nitrogens with one attached hydrogen (secondary N) is 1. The Morgan fingerprint density at radius 3 is 2.53 bits per heavy atom. The van der Waals surface area contributed by atoms with Crippen molar-refractivity contribution >= 4 is 15.9 Å². The van der Waals surface area contributed by atoms with Gasteiger partial charge >= 0.3 is 0 Å². The first-order valence-electron chi connectivity index (χ1n) is 12.2. The molecule has 0 aromatic heterocycles. The molecule has 3 aromatic rings. The third-order valence-corrected chi connectivity index (χ3v) is 7.86. The molecule has 8 rings (SSSR count). The first kappa shape index (κ1) is 24.3. The molecule has 0 saturated carbocycles. The number of hydrogen-bond acceptors (Lipinski definition) is 5. The minimum absolute atomic E-state index is 0.0118. The number of rotatable bonds is 1. The van der Waals surface area contributed by atoms with Gasteiger partial charge in [0.15, 0.2) is 0 Å². The number of aryl methyl sites for hydroxylation is 1. The Morgan fingerprint density at radius 2 is 1.72 bits per heavy atom. The Balaban J connectivity index is 1.53. The van der Waals surface area contributed by atoms with Crippen LogP contribution in [0.4, 0.5) is 0 Å². The lowest BCUT2D eigenvalue weighted by Gasteiger charge is -2.36. The Bertz CT molecular complexity index is 1350. The maximum atomic E-state index is 12.7. The molecular formula is C28H30N2O5S. The van der Waals surface area contributed by atoms with Crippen LogP contribution in [0.15, 0.2) is 66.7 Å². The fraction of sp³-hybridized carbons (Fsp3) is 0.321. The van der Waals surface area contributed by atoms with E-state index >= 15 is 0 Å². The van der Waals surface area contributed by atoms with E-state index in [4.69, 9.17) is 9.47 Å². The zero-order valence-corrected chi connectivity index (χ0v) is 21.1. The second-order valence-electron chi connectivity index (χ2n) is 9.26. The Labute approximate surface area is 212 Å². The van der Waals surface area contributed by atoms with Crippen LogP contribution in [-0.4, -0.2) is 44.6 Å². The molecule has 8 bridgehead atoms. The number of nitrogens with zero attached hydrogens (tertiary/aromatic N) is 1. The third kappa shape index (κ3) is 5.55. The highest BCUT2D eigenvalue weighted by molar-refractivity contribution is 7.88. The largest absolute Gasteiger partial charge is 0.494 e. The number of carbonyl (C=O) groups excluding carboxylic acids is 1. The second-order valence-corrected chi connectivity index (χ2v) is 11.2. The normalized spacial score (nSPS) is 19.0. The average molecular weight is 507 g/mol. The van der Waals surface area contributed by atoms with Crippen LogP contribution >= 0.6 is 0 Å². The fourth-order valence-corrected chi connectivity index (χ4v) is 5.86. The third-order valence-electron chi connectivity index (χ3n) is 6.61.